The minimum absolute atomic E-state index is 0.151. The molecule has 0 spiro atoms. The zero-order chi connectivity index (χ0) is 17.4. The fraction of sp³-hybridized carbons (Fsp3) is 0.900. The number of nitrogens with zero attached hydrogens (tertiary/aromatic N) is 2. The first-order valence-corrected chi connectivity index (χ1v) is 10.2. The summed E-state index contributed by atoms with van der Waals surface area (Å²) in [5.74, 6) is 1.51. The van der Waals surface area contributed by atoms with Gasteiger partial charge in [-0.15, -0.1) is 0 Å². The lowest BCUT2D eigenvalue weighted by Gasteiger charge is -2.26. The van der Waals surface area contributed by atoms with Gasteiger partial charge in [-0.3, -0.25) is 9.59 Å². The molecular formula is C20H36N2O2. The van der Waals surface area contributed by atoms with E-state index in [2.05, 4.69) is 13.8 Å². The van der Waals surface area contributed by atoms with Crippen LogP contribution in [0.25, 0.3) is 0 Å². The lowest BCUT2D eigenvalue weighted by atomic mass is 9.86. The van der Waals surface area contributed by atoms with E-state index in [1.807, 2.05) is 9.80 Å². The third kappa shape index (κ3) is 5.49. The van der Waals surface area contributed by atoms with Crippen LogP contribution in [0.15, 0.2) is 0 Å². The molecule has 0 unspecified atom stereocenters. The zero-order valence-corrected chi connectivity index (χ0v) is 15.8. The van der Waals surface area contributed by atoms with Crippen LogP contribution in [-0.2, 0) is 9.59 Å². The molecule has 0 radical (unpaired) electrons. The van der Waals surface area contributed by atoms with Crippen LogP contribution in [0, 0.1) is 11.8 Å². The molecule has 0 aromatic heterocycles. The Bertz CT molecular complexity index is 400. The van der Waals surface area contributed by atoms with Crippen molar-refractivity contribution in [3.63, 3.8) is 0 Å². The first kappa shape index (κ1) is 19.3. The molecule has 0 atom stereocenters. The summed E-state index contributed by atoms with van der Waals surface area (Å²) < 4.78 is 0. The van der Waals surface area contributed by atoms with Crippen LogP contribution in [0.4, 0.5) is 0 Å². The predicted molar refractivity (Wildman–Crippen MR) is 97.7 cm³/mol. The Hall–Kier alpha value is -1.06. The molecule has 0 N–H and O–H groups in total. The Morgan fingerprint density at radius 2 is 1.50 bits per heavy atom. The fourth-order valence-corrected chi connectivity index (χ4v) is 4.24. The predicted octanol–water partition coefficient (Wildman–Crippen LogP) is 3.84. The number of carbonyl (C=O) groups is 2. The molecule has 2 fully saturated rings. The molecule has 1 aliphatic heterocycles. The average Bonchev–Trinajstić information content (AvgIpc) is 2.87. The van der Waals surface area contributed by atoms with Crippen LogP contribution < -0.4 is 0 Å². The first-order chi connectivity index (χ1) is 11.7. The molecule has 4 heteroatoms. The van der Waals surface area contributed by atoms with Gasteiger partial charge in [0.2, 0.25) is 11.8 Å². The monoisotopic (exact) mass is 336 g/mol. The number of hydrogen-bond donors (Lipinski definition) is 0. The van der Waals surface area contributed by atoms with Gasteiger partial charge in [-0.2, -0.15) is 0 Å². The second-order valence-electron chi connectivity index (χ2n) is 7.62. The van der Waals surface area contributed by atoms with Crippen molar-refractivity contribution >= 4 is 11.8 Å². The largest absolute Gasteiger partial charge is 0.341 e. The summed E-state index contributed by atoms with van der Waals surface area (Å²) in [5.41, 5.74) is 0. The molecule has 1 saturated heterocycles. The van der Waals surface area contributed by atoms with Gasteiger partial charge in [0.15, 0.2) is 0 Å². The van der Waals surface area contributed by atoms with Crippen LogP contribution >= 0.6 is 0 Å². The van der Waals surface area contributed by atoms with Crippen molar-refractivity contribution in [1.82, 2.24) is 9.80 Å². The van der Waals surface area contributed by atoms with E-state index in [1.54, 1.807) is 0 Å². The van der Waals surface area contributed by atoms with E-state index < -0.39 is 0 Å². The van der Waals surface area contributed by atoms with Gasteiger partial charge in [-0.05, 0) is 31.6 Å². The van der Waals surface area contributed by atoms with Crippen LogP contribution in [0.2, 0.25) is 0 Å². The van der Waals surface area contributed by atoms with Gasteiger partial charge in [-0.25, -0.2) is 0 Å². The quantitative estimate of drug-likeness (QED) is 0.739. The van der Waals surface area contributed by atoms with E-state index in [-0.39, 0.29) is 11.8 Å². The van der Waals surface area contributed by atoms with Crippen LogP contribution in [0.3, 0.4) is 0 Å². The van der Waals surface area contributed by atoms with Crippen molar-refractivity contribution in [1.29, 1.82) is 0 Å². The summed E-state index contributed by atoms with van der Waals surface area (Å²) in [6.45, 7) is 7.23. The summed E-state index contributed by atoms with van der Waals surface area (Å²) in [7, 11) is 0. The third-order valence-corrected chi connectivity index (χ3v) is 5.99. The molecule has 1 saturated carbocycles. The minimum atomic E-state index is 0.151. The Morgan fingerprint density at radius 1 is 0.875 bits per heavy atom. The summed E-state index contributed by atoms with van der Waals surface area (Å²) in [5, 5.41) is 0. The molecule has 138 valence electrons. The Morgan fingerprint density at radius 3 is 2.17 bits per heavy atom. The molecular weight excluding hydrogens is 300 g/mol. The number of amides is 2. The maximum absolute atomic E-state index is 12.5. The average molecular weight is 337 g/mol. The molecule has 2 aliphatic rings. The van der Waals surface area contributed by atoms with Crippen molar-refractivity contribution in [2.75, 3.05) is 26.2 Å². The lowest BCUT2D eigenvalue weighted by Crippen LogP contribution is -2.39. The summed E-state index contributed by atoms with van der Waals surface area (Å²) in [6, 6.07) is 0. The van der Waals surface area contributed by atoms with E-state index >= 15 is 0 Å². The maximum atomic E-state index is 12.5. The standard InChI is InChI=1S/C20H36N2O2/c1-3-18(4-2)20(24)22-14-8-13-21(15-16-22)19(23)12-11-17-9-6-5-7-10-17/h17-18H,3-16H2,1-2H3. The summed E-state index contributed by atoms with van der Waals surface area (Å²) >= 11 is 0. The Kier molecular flexibility index (Phi) is 8.07. The first-order valence-electron chi connectivity index (χ1n) is 10.2. The van der Waals surface area contributed by atoms with Gasteiger partial charge in [0.05, 0.1) is 0 Å². The number of carbonyl (C=O) groups excluding carboxylic acids is 2. The van der Waals surface area contributed by atoms with Crippen molar-refractivity contribution in [2.24, 2.45) is 11.8 Å². The second-order valence-corrected chi connectivity index (χ2v) is 7.62. The maximum Gasteiger partial charge on any atom is 0.225 e. The van der Waals surface area contributed by atoms with Crippen molar-refractivity contribution < 1.29 is 9.59 Å². The molecule has 2 rings (SSSR count). The smallest absolute Gasteiger partial charge is 0.225 e. The van der Waals surface area contributed by atoms with Crippen molar-refractivity contribution in [3.05, 3.63) is 0 Å². The number of hydrogen-bond acceptors (Lipinski definition) is 2. The molecule has 0 aromatic carbocycles. The molecule has 1 heterocycles. The second kappa shape index (κ2) is 10.0. The van der Waals surface area contributed by atoms with Crippen LogP contribution in [0.5, 0.6) is 0 Å². The van der Waals surface area contributed by atoms with Crippen molar-refractivity contribution in [2.45, 2.75) is 78.1 Å². The van der Waals surface area contributed by atoms with E-state index in [4.69, 9.17) is 0 Å². The van der Waals surface area contributed by atoms with Gasteiger partial charge in [-0.1, -0.05) is 46.0 Å². The summed E-state index contributed by atoms with van der Waals surface area (Å²) in [4.78, 5) is 29.1. The Balaban J connectivity index is 1.77. The highest BCUT2D eigenvalue weighted by atomic mass is 16.2. The molecule has 4 nitrogen and oxygen atoms in total. The van der Waals surface area contributed by atoms with Gasteiger partial charge < -0.3 is 9.80 Å². The lowest BCUT2D eigenvalue weighted by molar-refractivity contribution is -0.136. The van der Waals surface area contributed by atoms with Gasteiger partial charge >= 0.3 is 0 Å². The van der Waals surface area contributed by atoms with Gasteiger partial charge in [0, 0.05) is 38.5 Å². The Labute approximate surface area is 148 Å². The topological polar surface area (TPSA) is 40.6 Å². The van der Waals surface area contributed by atoms with Crippen molar-refractivity contribution in [3.8, 4) is 0 Å². The van der Waals surface area contributed by atoms with E-state index in [9.17, 15) is 9.59 Å². The van der Waals surface area contributed by atoms with E-state index in [0.29, 0.717) is 18.9 Å². The van der Waals surface area contributed by atoms with E-state index in [1.165, 1.54) is 32.1 Å². The van der Waals surface area contributed by atoms with Crippen LogP contribution in [0.1, 0.15) is 78.1 Å². The molecule has 2 amide bonds. The third-order valence-electron chi connectivity index (χ3n) is 5.99. The minimum Gasteiger partial charge on any atom is -0.341 e. The SMILES string of the molecule is CCC(CC)C(=O)N1CCCN(C(=O)CCC2CCCCC2)CC1. The molecule has 24 heavy (non-hydrogen) atoms. The fourth-order valence-electron chi connectivity index (χ4n) is 4.24. The zero-order valence-electron chi connectivity index (χ0n) is 15.8. The van der Waals surface area contributed by atoms with E-state index in [0.717, 1.165) is 51.2 Å². The highest BCUT2D eigenvalue weighted by Crippen LogP contribution is 2.27. The van der Waals surface area contributed by atoms with Gasteiger partial charge in [0.25, 0.3) is 0 Å². The van der Waals surface area contributed by atoms with Crippen LogP contribution in [-0.4, -0.2) is 47.8 Å². The molecule has 1 aliphatic carbocycles. The highest BCUT2D eigenvalue weighted by Gasteiger charge is 2.25. The number of rotatable bonds is 6. The highest BCUT2D eigenvalue weighted by molar-refractivity contribution is 5.79. The molecule has 0 aromatic rings. The molecule has 0 bridgehead atoms. The van der Waals surface area contributed by atoms with Gasteiger partial charge in [0.1, 0.15) is 0 Å². The normalized spacial score (nSPS) is 20.3. The summed E-state index contributed by atoms with van der Waals surface area (Å²) in [6.07, 6.45) is 11.2.